The van der Waals surface area contributed by atoms with E-state index >= 15 is 0 Å². The van der Waals surface area contributed by atoms with Gasteiger partial charge < -0.3 is 15.4 Å². The number of rotatable bonds is 7. The van der Waals surface area contributed by atoms with Crippen molar-refractivity contribution in [3.8, 4) is 0 Å². The van der Waals surface area contributed by atoms with Gasteiger partial charge in [0.05, 0.1) is 19.3 Å². The predicted molar refractivity (Wildman–Crippen MR) is 74.9 cm³/mol. The maximum absolute atomic E-state index is 11.0. The first-order valence-electron chi connectivity index (χ1n) is 6.00. The van der Waals surface area contributed by atoms with Gasteiger partial charge in [0.15, 0.2) is 5.96 Å². The van der Waals surface area contributed by atoms with Crippen molar-refractivity contribution in [2.24, 2.45) is 4.99 Å². The fraction of sp³-hybridized carbons (Fsp3) is 0.818. The number of sulfone groups is 1. The van der Waals surface area contributed by atoms with Crippen LogP contribution in [0.25, 0.3) is 0 Å². The van der Waals surface area contributed by atoms with E-state index in [0.717, 1.165) is 0 Å². The molecule has 0 saturated heterocycles. The van der Waals surface area contributed by atoms with Crippen LogP contribution in [0.15, 0.2) is 4.99 Å². The van der Waals surface area contributed by atoms with Gasteiger partial charge in [0.1, 0.15) is 9.84 Å². The maximum atomic E-state index is 11.0. The van der Waals surface area contributed by atoms with Crippen molar-refractivity contribution in [2.75, 3.05) is 32.7 Å². The van der Waals surface area contributed by atoms with Gasteiger partial charge in [-0.3, -0.25) is 9.79 Å². The first kappa shape index (κ1) is 17.7. The summed E-state index contributed by atoms with van der Waals surface area (Å²) in [6, 6.07) is -0.0287. The zero-order chi connectivity index (χ0) is 14.9. The third kappa shape index (κ3) is 10.3. The predicted octanol–water partition coefficient (Wildman–Crippen LogP) is -0.462. The highest BCUT2D eigenvalue weighted by Crippen LogP contribution is 1.95. The van der Waals surface area contributed by atoms with Crippen molar-refractivity contribution in [3.63, 3.8) is 0 Å². The Bertz CT molecular complexity index is 406. The number of carbonyl (C=O) groups is 1. The quantitative estimate of drug-likeness (QED) is 0.374. The van der Waals surface area contributed by atoms with E-state index in [2.05, 4.69) is 20.4 Å². The molecule has 0 saturated carbocycles. The molecule has 0 bridgehead atoms. The monoisotopic (exact) mass is 293 g/mol. The molecular weight excluding hydrogens is 270 g/mol. The van der Waals surface area contributed by atoms with E-state index in [9.17, 15) is 13.2 Å². The van der Waals surface area contributed by atoms with Crippen LogP contribution < -0.4 is 10.6 Å². The molecule has 112 valence electrons. The van der Waals surface area contributed by atoms with E-state index in [4.69, 9.17) is 0 Å². The summed E-state index contributed by atoms with van der Waals surface area (Å²) in [5, 5.41) is 6.00. The normalized spacial score (nSPS) is 13.8. The minimum atomic E-state index is -2.95. The highest BCUT2D eigenvalue weighted by atomic mass is 32.2. The largest absolute Gasteiger partial charge is 0.469 e. The Kier molecular flexibility index (Phi) is 8.13. The highest BCUT2D eigenvalue weighted by molar-refractivity contribution is 7.90. The number of carbonyl (C=O) groups excluding carboxylic acids is 1. The SMILES string of the molecule is CN=C(NCCC(=O)OC)NC(C)CCS(C)(=O)=O. The van der Waals surface area contributed by atoms with Crippen LogP contribution in [0, 0.1) is 0 Å². The number of hydrogen-bond acceptors (Lipinski definition) is 5. The number of ether oxygens (including phenoxy) is 1. The third-order valence-corrected chi connectivity index (χ3v) is 3.35. The van der Waals surface area contributed by atoms with Crippen LogP contribution in [0.1, 0.15) is 19.8 Å². The average Bonchev–Trinajstić information content (AvgIpc) is 2.34. The van der Waals surface area contributed by atoms with Crippen LogP contribution in [0.4, 0.5) is 0 Å². The Morgan fingerprint density at radius 2 is 2.05 bits per heavy atom. The lowest BCUT2D eigenvalue weighted by molar-refractivity contribution is -0.140. The van der Waals surface area contributed by atoms with Gasteiger partial charge in [-0.05, 0) is 13.3 Å². The molecule has 7 nitrogen and oxygen atoms in total. The van der Waals surface area contributed by atoms with Gasteiger partial charge in [-0.15, -0.1) is 0 Å². The van der Waals surface area contributed by atoms with E-state index in [0.29, 0.717) is 18.9 Å². The van der Waals surface area contributed by atoms with Crippen molar-refractivity contribution in [2.45, 2.75) is 25.8 Å². The molecule has 0 amide bonds. The fourth-order valence-corrected chi connectivity index (χ4v) is 2.06. The van der Waals surface area contributed by atoms with Crippen LogP contribution in [0.2, 0.25) is 0 Å². The molecule has 0 aromatic carbocycles. The van der Waals surface area contributed by atoms with Gasteiger partial charge in [-0.25, -0.2) is 8.42 Å². The molecule has 0 aromatic rings. The second-order valence-corrected chi connectivity index (χ2v) is 6.55. The van der Waals surface area contributed by atoms with Gasteiger partial charge in [0, 0.05) is 25.9 Å². The maximum Gasteiger partial charge on any atom is 0.307 e. The smallest absolute Gasteiger partial charge is 0.307 e. The lowest BCUT2D eigenvalue weighted by Gasteiger charge is -2.17. The topological polar surface area (TPSA) is 96.9 Å². The standard InChI is InChI=1S/C11H23N3O4S/c1-9(6-8-19(4,16)17)14-11(12-2)13-7-5-10(15)18-3/h9H,5-8H2,1-4H3,(H2,12,13,14). The first-order valence-corrected chi connectivity index (χ1v) is 8.06. The second-order valence-electron chi connectivity index (χ2n) is 4.29. The summed E-state index contributed by atoms with van der Waals surface area (Å²) in [6.07, 6.45) is 1.95. The molecule has 19 heavy (non-hydrogen) atoms. The molecule has 1 atom stereocenters. The zero-order valence-corrected chi connectivity index (χ0v) is 12.7. The molecule has 0 rings (SSSR count). The molecule has 1 unspecified atom stereocenters. The summed E-state index contributed by atoms with van der Waals surface area (Å²) in [5.74, 6) is 0.360. The van der Waals surface area contributed by atoms with Crippen molar-refractivity contribution in [3.05, 3.63) is 0 Å². The number of guanidine groups is 1. The van der Waals surface area contributed by atoms with Crippen LogP contribution in [-0.2, 0) is 19.4 Å². The van der Waals surface area contributed by atoms with Gasteiger partial charge in [-0.1, -0.05) is 0 Å². The average molecular weight is 293 g/mol. The van der Waals surface area contributed by atoms with Crippen molar-refractivity contribution in [1.29, 1.82) is 0 Å². The molecular formula is C11H23N3O4S. The summed E-state index contributed by atoms with van der Waals surface area (Å²) in [5.41, 5.74) is 0. The number of hydrogen-bond donors (Lipinski definition) is 2. The van der Waals surface area contributed by atoms with Crippen LogP contribution >= 0.6 is 0 Å². The Morgan fingerprint density at radius 3 is 2.53 bits per heavy atom. The van der Waals surface area contributed by atoms with Gasteiger partial charge >= 0.3 is 5.97 Å². The zero-order valence-electron chi connectivity index (χ0n) is 11.9. The molecule has 0 aromatic heterocycles. The number of nitrogens with one attached hydrogen (secondary N) is 2. The summed E-state index contributed by atoms with van der Waals surface area (Å²) in [7, 11) is -0.0109. The lowest BCUT2D eigenvalue weighted by atomic mass is 10.3. The summed E-state index contributed by atoms with van der Waals surface area (Å²) < 4.78 is 26.6. The number of nitrogens with zero attached hydrogens (tertiary/aromatic N) is 1. The van der Waals surface area contributed by atoms with E-state index in [1.54, 1.807) is 7.05 Å². The fourth-order valence-electron chi connectivity index (χ4n) is 1.28. The summed E-state index contributed by atoms with van der Waals surface area (Å²) in [4.78, 5) is 14.9. The lowest BCUT2D eigenvalue weighted by Crippen LogP contribution is -2.43. The molecule has 2 N–H and O–H groups in total. The van der Waals surface area contributed by atoms with Crippen LogP contribution in [0.3, 0.4) is 0 Å². The molecule has 0 heterocycles. The highest BCUT2D eigenvalue weighted by Gasteiger charge is 2.09. The van der Waals surface area contributed by atoms with Crippen molar-refractivity contribution < 1.29 is 17.9 Å². The molecule has 0 aliphatic carbocycles. The van der Waals surface area contributed by atoms with E-state index < -0.39 is 9.84 Å². The second kappa shape index (κ2) is 8.73. The summed E-state index contributed by atoms with van der Waals surface area (Å²) >= 11 is 0. The minimum Gasteiger partial charge on any atom is -0.469 e. The molecule has 0 aliphatic heterocycles. The summed E-state index contributed by atoms with van der Waals surface area (Å²) in [6.45, 7) is 2.28. The van der Waals surface area contributed by atoms with Crippen LogP contribution in [-0.4, -0.2) is 59.1 Å². The molecule has 0 aliphatic rings. The Balaban J connectivity index is 4.02. The third-order valence-electron chi connectivity index (χ3n) is 2.38. The van der Waals surface area contributed by atoms with Gasteiger partial charge in [0.25, 0.3) is 0 Å². The Labute approximate surface area is 114 Å². The van der Waals surface area contributed by atoms with E-state index in [1.807, 2.05) is 6.92 Å². The number of methoxy groups -OCH3 is 1. The Hall–Kier alpha value is -1.31. The number of aliphatic imine (C=N–C) groups is 1. The van der Waals surface area contributed by atoms with Gasteiger partial charge in [0.2, 0.25) is 0 Å². The molecule has 8 heteroatoms. The van der Waals surface area contributed by atoms with Crippen molar-refractivity contribution >= 4 is 21.8 Å². The van der Waals surface area contributed by atoms with Crippen molar-refractivity contribution in [1.82, 2.24) is 10.6 Å². The van der Waals surface area contributed by atoms with Gasteiger partial charge in [-0.2, -0.15) is 0 Å². The Morgan fingerprint density at radius 1 is 1.42 bits per heavy atom. The first-order chi connectivity index (χ1) is 8.78. The number of esters is 1. The minimum absolute atomic E-state index is 0.0287. The van der Waals surface area contributed by atoms with E-state index in [1.165, 1.54) is 13.4 Å². The van der Waals surface area contributed by atoms with Crippen LogP contribution in [0.5, 0.6) is 0 Å². The van der Waals surface area contributed by atoms with E-state index in [-0.39, 0.29) is 24.2 Å². The molecule has 0 spiro atoms. The molecule has 0 radical (unpaired) electrons. The molecule has 0 fully saturated rings.